The van der Waals surface area contributed by atoms with Gasteiger partial charge in [-0.25, -0.2) is 8.42 Å². The molecule has 220 valence electrons. The number of nitrogens with zero attached hydrogens (tertiary/aromatic N) is 2. The summed E-state index contributed by atoms with van der Waals surface area (Å²) >= 11 is 6.09. The fraction of sp³-hybridized carbons (Fsp3) is 0.355. The Balaban J connectivity index is 1.86. The van der Waals surface area contributed by atoms with Gasteiger partial charge < -0.3 is 15.0 Å². The number of nitrogens with one attached hydrogen (secondary N) is 1. The quantitative estimate of drug-likeness (QED) is 0.279. The molecule has 0 saturated carbocycles. The minimum Gasteiger partial charge on any atom is -0.497 e. The lowest BCUT2D eigenvalue weighted by molar-refractivity contribution is -0.141. The van der Waals surface area contributed by atoms with E-state index in [1.807, 2.05) is 56.3 Å². The van der Waals surface area contributed by atoms with Crippen molar-refractivity contribution in [1.29, 1.82) is 0 Å². The van der Waals surface area contributed by atoms with Gasteiger partial charge in [-0.3, -0.25) is 13.9 Å². The molecule has 0 radical (unpaired) electrons. The van der Waals surface area contributed by atoms with Crippen molar-refractivity contribution < 1.29 is 22.7 Å². The molecule has 3 rings (SSSR count). The van der Waals surface area contributed by atoms with Gasteiger partial charge >= 0.3 is 0 Å². The van der Waals surface area contributed by atoms with Crippen LogP contribution in [-0.2, 0) is 32.6 Å². The molecule has 0 bridgehead atoms. The molecule has 0 unspecified atom stereocenters. The number of benzene rings is 3. The van der Waals surface area contributed by atoms with Gasteiger partial charge in [0, 0.05) is 37.0 Å². The van der Waals surface area contributed by atoms with Crippen molar-refractivity contribution in [1.82, 2.24) is 10.2 Å². The van der Waals surface area contributed by atoms with Crippen LogP contribution in [0, 0.1) is 0 Å². The van der Waals surface area contributed by atoms with E-state index in [1.165, 1.54) is 11.4 Å². The molecule has 8 nitrogen and oxygen atoms in total. The number of hydrogen-bond acceptors (Lipinski definition) is 5. The first kappa shape index (κ1) is 32.0. The summed E-state index contributed by atoms with van der Waals surface area (Å²) in [5, 5.41) is 3.54. The third-order valence-corrected chi connectivity index (χ3v) is 7.93. The summed E-state index contributed by atoms with van der Waals surface area (Å²) in [4.78, 5) is 28.9. The highest BCUT2D eigenvalue weighted by Crippen LogP contribution is 2.23. The molecule has 0 aliphatic heterocycles. The number of amides is 2. The van der Waals surface area contributed by atoms with E-state index >= 15 is 0 Å². The van der Waals surface area contributed by atoms with E-state index in [-0.39, 0.29) is 43.8 Å². The minimum absolute atomic E-state index is 0.0516. The van der Waals surface area contributed by atoms with E-state index in [1.54, 1.807) is 41.3 Å². The topological polar surface area (TPSA) is 96.0 Å². The van der Waals surface area contributed by atoms with E-state index < -0.39 is 16.1 Å². The Hall–Kier alpha value is -3.56. The van der Waals surface area contributed by atoms with Gasteiger partial charge in [0.25, 0.3) is 0 Å². The van der Waals surface area contributed by atoms with Crippen LogP contribution in [0.1, 0.15) is 37.8 Å². The highest BCUT2D eigenvalue weighted by atomic mass is 35.5. The minimum atomic E-state index is -3.60. The molecule has 0 fully saturated rings. The highest BCUT2D eigenvalue weighted by Gasteiger charge is 2.31. The Bertz CT molecular complexity index is 1380. The van der Waals surface area contributed by atoms with Crippen LogP contribution >= 0.6 is 11.6 Å². The van der Waals surface area contributed by atoms with E-state index in [0.29, 0.717) is 22.9 Å². The molecule has 0 aliphatic carbocycles. The molecule has 0 aliphatic rings. The predicted molar refractivity (Wildman–Crippen MR) is 164 cm³/mol. The second kappa shape index (κ2) is 14.9. The van der Waals surface area contributed by atoms with Crippen LogP contribution < -0.4 is 14.4 Å². The maximum atomic E-state index is 13.8. The van der Waals surface area contributed by atoms with Gasteiger partial charge in [0.2, 0.25) is 21.8 Å². The first-order chi connectivity index (χ1) is 19.5. The SMILES string of the molecule is COc1ccc(N(CCCC(=O)N(Cc2ccc(Cl)cc2)[C@@H](Cc2ccccc2)C(=O)NC(C)C)S(C)(=O)=O)cc1. The third kappa shape index (κ3) is 9.79. The molecule has 1 atom stereocenters. The summed E-state index contributed by atoms with van der Waals surface area (Å²) in [5.41, 5.74) is 2.24. The second-order valence-electron chi connectivity index (χ2n) is 10.2. The number of methoxy groups -OCH3 is 1. The standard InChI is InChI=1S/C31H38ClN3O5S/c1-23(2)33-31(37)29(21-24-9-6-5-7-10-24)34(22-25-12-14-26(32)15-13-25)30(36)11-8-20-35(41(4,38)39)27-16-18-28(40-3)19-17-27/h5-7,9-10,12-19,23,29H,8,11,20-22H2,1-4H3,(H,33,37)/t29-/m0/s1. The van der Waals surface area contributed by atoms with E-state index in [9.17, 15) is 18.0 Å². The second-order valence-corrected chi connectivity index (χ2v) is 12.5. The lowest BCUT2D eigenvalue weighted by Gasteiger charge is -2.32. The largest absolute Gasteiger partial charge is 0.497 e. The van der Waals surface area contributed by atoms with Crippen molar-refractivity contribution in [2.45, 2.75) is 51.7 Å². The third-order valence-electron chi connectivity index (χ3n) is 6.48. The smallest absolute Gasteiger partial charge is 0.243 e. The normalized spacial score (nSPS) is 12.0. The van der Waals surface area contributed by atoms with E-state index in [0.717, 1.165) is 17.4 Å². The lowest BCUT2D eigenvalue weighted by atomic mass is 10.0. The summed E-state index contributed by atoms with van der Waals surface area (Å²) in [5.74, 6) is 0.115. The average molecular weight is 600 g/mol. The zero-order chi connectivity index (χ0) is 30.0. The summed E-state index contributed by atoms with van der Waals surface area (Å²) < 4.78 is 31.7. The molecule has 2 amide bonds. The van der Waals surface area contributed by atoms with Crippen LogP contribution in [0.4, 0.5) is 5.69 Å². The van der Waals surface area contributed by atoms with Crippen molar-refractivity contribution >= 4 is 39.1 Å². The Labute approximate surface area is 248 Å². The number of carbonyl (C=O) groups is 2. The molecule has 0 aromatic heterocycles. The van der Waals surface area contributed by atoms with Crippen LogP contribution in [0.15, 0.2) is 78.9 Å². The Kier molecular flexibility index (Phi) is 11.6. The van der Waals surface area contributed by atoms with Crippen molar-refractivity contribution in [2.75, 3.05) is 24.2 Å². The zero-order valence-electron chi connectivity index (χ0n) is 23.9. The van der Waals surface area contributed by atoms with E-state index in [4.69, 9.17) is 16.3 Å². The average Bonchev–Trinajstić information content (AvgIpc) is 2.93. The summed E-state index contributed by atoms with van der Waals surface area (Å²) in [6.07, 6.45) is 1.78. The van der Waals surface area contributed by atoms with Gasteiger partial charge in [-0.05, 0) is 67.8 Å². The first-order valence-electron chi connectivity index (χ1n) is 13.5. The van der Waals surface area contributed by atoms with Crippen LogP contribution in [0.5, 0.6) is 5.75 Å². The summed E-state index contributed by atoms with van der Waals surface area (Å²) in [6, 6.07) is 22.6. The van der Waals surface area contributed by atoms with Gasteiger partial charge in [-0.2, -0.15) is 0 Å². The van der Waals surface area contributed by atoms with E-state index in [2.05, 4.69) is 5.32 Å². The zero-order valence-corrected chi connectivity index (χ0v) is 25.5. The maximum Gasteiger partial charge on any atom is 0.243 e. The first-order valence-corrected chi connectivity index (χ1v) is 15.7. The van der Waals surface area contributed by atoms with Gasteiger partial charge in [0.1, 0.15) is 11.8 Å². The molecule has 41 heavy (non-hydrogen) atoms. The molecular formula is C31H38ClN3O5S. The van der Waals surface area contributed by atoms with Gasteiger partial charge in [0.15, 0.2) is 0 Å². The molecule has 3 aromatic rings. The molecule has 0 heterocycles. The number of halogens is 1. The number of sulfonamides is 1. The van der Waals surface area contributed by atoms with Gasteiger partial charge in [-0.15, -0.1) is 0 Å². The fourth-order valence-corrected chi connectivity index (χ4v) is 5.56. The van der Waals surface area contributed by atoms with Gasteiger partial charge in [0.05, 0.1) is 19.1 Å². The van der Waals surface area contributed by atoms with Crippen molar-refractivity contribution in [3.05, 3.63) is 95.0 Å². The lowest BCUT2D eigenvalue weighted by Crippen LogP contribution is -2.51. The number of rotatable bonds is 14. The number of anilines is 1. The Morgan fingerprint density at radius 2 is 1.56 bits per heavy atom. The molecule has 3 aromatic carbocycles. The Morgan fingerprint density at radius 1 is 0.927 bits per heavy atom. The Morgan fingerprint density at radius 3 is 2.12 bits per heavy atom. The molecule has 0 spiro atoms. The molecule has 0 saturated heterocycles. The fourth-order valence-electron chi connectivity index (χ4n) is 4.47. The number of ether oxygens (including phenoxy) is 1. The maximum absolute atomic E-state index is 13.8. The predicted octanol–water partition coefficient (Wildman–Crippen LogP) is 5.06. The number of carbonyl (C=O) groups excluding carboxylic acids is 2. The van der Waals surface area contributed by atoms with Crippen molar-refractivity contribution in [3.63, 3.8) is 0 Å². The summed E-state index contributed by atoms with van der Waals surface area (Å²) in [6.45, 7) is 4.06. The molecule has 10 heteroatoms. The summed E-state index contributed by atoms with van der Waals surface area (Å²) in [7, 11) is -2.06. The molecular weight excluding hydrogens is 562 g/mol. The van der Waals surface area contributed by atoms with Crippen LogP contribution in [0.2, 0.25) is 5.02 Å². The van der Waals surface area contributed by atoms with Crippen LogP contribution in [0.3, 0.4) is 0 Å². The monoisotopic (exact) mass is 599 g/mol. The molecule has 1 N–H and O–H groups in total. The van der Waals surface area contributed by atoms with Crippen LogP contribution in [0.25, 0.3) is 0 Å². The highest BCUT2D eigenvalue weighted by molar-refractivity contribution is 7.92. The number of hydrogen-bond donors (Lipinski definition) is 1. The van der Waals surface area contributed by atoms with Gasteiger partial charge in [-0.1, -0.05) is 54.1 Å². The van der Waals surface area contributed by atoms with Crippen molar-refractivity contribution in [2.24, 2.45) is 0 Å². The van der Waals surface area contributed by atoms with Crippen LogP contribution in [-0.4, -0.2) is 57.1 Å². The van der Waals surface area contributed by atoms with Crippen molar-refractivity contribution in [3.8, 4) is 5.75 Å².